The highest BCUT2D eigenvalue weighted by atomic mass is 19.1. The van der Waals surface area contributed by atoms with Crippen molar-refractivity contribution in [2.24, 2.45) is 11.3 Å². The number of carbonyl (C=O) groups is 1. The summed E-state index contributed by atoms with van der Waals surface area (Å²) in [6.07, 6.45) is 0.364. The van der Waals surface area contributed by atoms with E-state index in [-0.39, 0.29) is 30.3 Å². The van der Waals surface area contributed by atoms with E-state index in [1.165, 1.54) is 12.1 Å². The van der Waals surface area contributed by atoms with Crippen LogP contribution in [0.5, 0.6) is 0 Å². The van der Waals surface area contributed by atoms with E-state index in [1.807, 2.05) is 55.1 Å². The van der Waals surface area contributed by atoms with Gasteiger partial charge in [-0.25, -0.2) is 8.78 Å². The molecule has 2 fully saturated rings. The van der Waals surface area contributed by atoms with Gasteiger partial charge in [0.15, 0.2) is 11.5 Å². The quantitative estimate of drug-likeness (QED) is 0.563. The van der Waals surface area contributed by atoms with Crippen LogP contribution in [0, 0.1) is 34.3 Å². The second-order valence-electron chi connectivity index (χ2n) is 10.8. The lowest BCUT2D eigenvalue weighted by Crippen LogP contribution is -2.57. The number of carbonyl (C=O) groups excluding carboxylic acids is 1. The molecule has 0 radical (unpaired) electrons. The Labute approximate surface area is 220 Å². The lowest BCUT2D eigenvalue weighted by Gasteiger charge is -2.51. The Balaban J connectivity index is 1.43. The SMILES string of the molecule is CC1(C)CN(C(=O)[C@@H]2CN(c3ccc(C#N)nn3)C[C@H]2c2ccc(F)cc2F)CC[C@]1(O)c1ccccc1. The first-order valence-electron chi connectivity index (χ1n) is 12.6. The van der Waals surface area contributed by atoms with Gasteiger partial charge in [0.2, 0.25) is 5.91 Å². The van der Waals surface area contributed by atoms with Gasteiger partial charge in [-0.3, -0.25) is 4.79 Å². The number of nitriles is 1. The monoisotopic (exact) mass is 517 g/mol. The number of aliphatic hydroxyl groups is 1. The van der Waals surface area contributed by atoms with Gasteiger partial charge in [0.05, 0.1) is 11.5 Å². The van der Waals surface area contributed by atoms with Gasteiger partial charge in [0.1, 0.15) is 17.7 Å². The first-order chi connectivity index (χ1) is 18.1. The van der Waals surface area contributed by atoms with Crippen molar-refractivity contribution in [3.8, 4) is 6.07 Å². The van der Waals surface area contributed by atoms with Crippen molar-refractivity contribution in [1.82, 2.24) is 15.1 Å². The second kappa shape index (κ2) is 9.76. The summed E-state index contributed by atoms with van der Waals surface area (Å²) in [5.41, 5.74) is -0.493. The highest BCUT2D eigenvalue weighted by Gasteiger charge is 2.51. The highest BCUT2D eigenvalue weighted by molar-refractivity contribution is 5.82. The molecule has 2 aromatic carbocycles. The molecule has 3 aromatic rings. The number of hydrogen-bond donors (Lipinski definition) is 1. The molecule has 0 aliphatic carbocycles. The molecule has 196 valence electrons. The number of halogens is 2. The normalized spacial score (nSPS) is 24.7. The molecule has 2 aliphatic rings. The minimum absolute atomic E-state index is 0.147. The molecule has 1 amide bonds. The molecule has 1 aromatic heterocycles. The van der Waals surface area contributed by atoms with Crippen molar-refractivity contribution >= 4 is 11.7 Å². The van der Waals surface area contributed by atoms with E-state index in [4.69, 9.17) is 5.26 Å². The Hall–Kier alpha value is -3.90. The largest absolute Gasteiger partial charge is 0.384 e. The number of amides is 1. The van der Waals surface area contributed by atoms with Gasteiger partial charge < -0.3 is 14.9 Å². The van der Waals surface area contributed by atoms with Crippen molar-refractivity contribution in [3.05, 3.63) is 89.1 Å². The third-order valence-electron chi connectivity index (χ3n) is 8.10. The number of benzene rings is 2. The smallest absolute Gasteiger partial charge is 0.228 e. The number of piperidine rings is 1. The van der Waals surface area contributed by atoms with E-state index in [1.54, 1.807) is 17.0 Å². The van der Waals surface area contributed by atoms with E-state index in [0.717, 1.165) is 11.6 Å². The summed E-state index contributed by atoms with van der Waals surface area (Å²) in [5.74, 6) is -2.21. The van der Waals surface area contributed by atoms with Crippen molar-refractivity contribution in [3.63, 3.8) is 0 Å². The van der Waals surface area contributed by atoms with Crippen LogP contribution in [0.25, 0.3) is 0 Å². The number of hydrogen-bond acceptors (Lipinski definition) is 6. The molecule has 0 spiro atoms. The summed E-state index contributed by atoms with van der Waals surface area (Å²) in [4.78, 5) is 17.6. The van der Waals surface area contributed by atoms with Gasteiger partial charge in [0, 0.05) is 43.6 Å². The van der Waals surface area contributed by atoms with Gasteiger partial charge in [-0.05, 0) is 35.7 Å². The topological polar surface area (TPSA) is 93.4 Å². The Morgan fingerprint density at radius 1 is 1.08 bits per heavy atom. The van der Waals surface area contributed by atoms with Crippen LogP contribution in [0.4, 0.5) is 14.6 Å². The highest BCUT2D eigenvalue weighted by Crippen LogP contribution is 2.47. The van der Waals surface area contributed by atoms with Gasteiger partial charge in [0.25, 0.3) is 0 Å². The van der Waals surface area contributed by atoms with E-state index in [0.29, 0.717) is 25.3 Å². The lowest BCUT2D eigenvalue weighted by atomic mass is 9.66. The fourth-order valence-corrected chi connectivity index (χ4v) is 5.91. The second-order valence-corrected chi connectivity index (χ2v) is 10.8. The van der Waals surface area contributed by atoms with Gasteiger partial charge in [-0.15, -0.1) is 10.2 Å². The molecule has 38 heavy (non-hydrogen) atoms. The molecule has 7 nitrogen and oxygen atoms in total. The molecule has 1 N–H and O–H groups in total. The molecule has 2 saturated heterocycles. The van der Waals surface area contributed by atoms with Gasteiger partial charge >= 0.3 is 0 Å². The Bertz CT molecular complexity index is 1380. The maximum atomic E-state index is 14.9. The zero-order valence-electron chi connectivity index (χ0n) is 21.3. The lowest BCUT2D eigenvalue weighted by molar-refractivity contribution is -0.156. The number of aromatic nitrogens is 2. The molecule has 0 bridgehead atoms. The average Bonchev–Trinajstić information content (AvgIpc) is 3.35. The van der Waals surface area contributed by atoms with Crippen molar-refractivity contribution in [1.29, 1.82) is 5.26 Å². The molecule has 0 saturated carbocycles. The summed E-state index contributed by atoms with van der Waals surface area (Å²) >= 11 is 0. The molecule has 9 heteroatoms. The van der Waals surface area contributed by atoms with Gasteiger partial charge in [-0.1, -0.05) is 50.2 Å². The summed E-state index contributed by atoms with van der Waals surface area (Å²) in [6.45, 7) is 5.11. The third-order valence-corrected chi connectivity index (χ3v) is 8.10. The molecule has 5 rings (SSSR count). The molecule has 0 unspecified atom stereocenters. The van der Waals surface area contributed by atoms with Crippen molar-refractivity contribution < 1.29 is 18.7 Å². The minimum atomic E-state index is -1.10. The first kappa shape index (κ1) is 25.7. The summed E-state index contributed by atoms with van der Waals surface area (Å²) in [7, 11) is 0. The van der Waals surface area contributed by atoms with Crippen LogP contribution in [0.3, 0.4) is 0 Å². The van der Waals surface area contributed by atoms with Crippen LogP contribution in [-0.2, 0) is 10.4 Å². The number of rotatable bonds is 4. The van der Waals surface area contributed by atoms with Crippen LogP contribution in [0.1, 0.15) is 43.0 Å². The predicted octanol–water partition coefficient (Wildman–Crippen LogP) is 3.99. The third kappa shape index (κ3) is 4.50. The van der Waals surface area contributed by atoms with Crippen molar-refractivity contribution in [2.45, 2.75) is 31.8 Å². The van der Waals surface area contributed by atoms with Crippen LogP contribution in [0.2, 0.25) is 0 Å². The zero-order valence-corrected chi connectivity index (χ0v) is 21.3. The Kier molecular flexibility index (Phi) is 6.61. The summed E-state index contributed by atoms with van der Waals surface area (Å²) < 4.78 is 28.6. The van der Waals surface area contributed by atoms with E-state index < -0.39 is 34.5 Å². The van der Waals surface area contributed by atoms with Crippen LogP contribution in [0.15, 0.2) is 60.7 Å². The minimum Gasteiger partial charge on any atom is -0.384 e. The fraction of sp³-hybridized carbons (Fsp3) is 0.379. The van der Waals surface area contributed by atoms with E-state index in [9.17, 15) is 18.7 Å². The van der Waals surface area contributed by atoms with Gasteiger partial charge in [-0.2, -0.15) is 5.26 Å². The Morgan fingerprint density at radius 3 is 2.47 bits per heavy atom. The van der Waals surface area contributed by atoms with Crippen LogP contribution < -0.4 is 4.90 Å². The zero-order chi connectivity index (χ0) is 27.1. The number of likely N-dealkylation sites (tertiary alicyclic amines) is 1. The van der Waals surface area contributed by atoms with E-state index in [2.05, 4.69) is 10.2 Å². The standard InChI is InChI=1S/C29H29F2N5O2/c1-28(2)18-35(13-12-29(28,38)19-6-4-3-5-7-19)27(37)24-17-36(26-11-9-21(15-32)33-34-26)16-23(24)22-10-8-20(30)14-25(22)31/h3-11,14,23-24,38H,12-13,16-18H2,1-2H3/t23-,24+,29-/m0/s1. The molecular formula is C29H29F2N5O2. The average molecular weight is 518 g/mol. The number of anilines is 1. The van der Waals surface area contributed by atoms with Crippen LogP contribution >= 0.6 is 0 Å². The predicted molar refractivity (Wildman–Crippen MR) is 137 cm³/mol. The Morgan fingerprint density at radius 2 is 1.84 bits per heavy atom. The number of nitrogens with zero attached hydrogens (tertiary/aromatic N) is 5. The maximum absolute atomic E-state index is 14.9. The maximum Gasteiger partial charge on any atom is 0.228 e. The summed E-state index contributed by atoms with van der Waals surface area (Å²) in [6, 6.07) is 18.1. The molecule has 3 heterocycles. The molecular weight excluding hydrogens is 488 g/mol. The molecule has 2 aliphatic heterocycles. The van der Waals surface area contributed by atoms with Crippen molar-refractivity contribution in [2.75, 3.05) is 31.1 Å². The summed E-state index contributed by atoms with van der Waals surface area (Å²) in [5, 5.41) is 28.7. The fourth-order valence-electron chi connectivity index (χ4n) is 5.91. The first-order valence-corrected chi connectivity index (χ1v) is 12.6. The molecule has 3 atom stereocenters. The van der Waals surface area contributed by atoms with E-state index >= 15 is 0 Å². The van der Waals surface area contributed by atoms with Crippen LogP contribution in [-0.4, -0.2) is 52.3 Å².